The van der Waals surface area contributed by atoms with Crippen molar-refractivity contribution in [3.05, 3.63) is 0 Å². The fourth-order valence-corrected chi connectivity index (χ4v) is 7.55. The molecule has 0 amide bonds. The third kappa shape index (κ3) is 0.362. The van der Waals surface area contributed by atoms with Crippen LogP contribution in [0.1, 0.15) is 6.92 Å². The first-order chi connectivity index (χ1) is 7.67. The van der Waals surface area contributed by atoms with E-state index in [0.717, 1.165) is 29.6 Å². The lowest BCUT2D eigenvalue weighted by molar-refractivity contribution is -0.524. The molecule has 0 N–H and O–H groups in total. The average molecular weight is 216 g/mol. The van der Waals surface area contributed by atoms with E-state index in [-0.39, 0.29) is 23.8 Å². The van der Waals surface area contributed by atoms with E-state index in [4.69, 9.17) is 4.74 Å². The smallest absolute Gasteiger partial charge is 0.317 e. The Balaban J connectivity index is 1.58. The summed E-state index contributed by atoms with van der Waals surface area (Å²) in [6.07, 6.45) is 0. The maximum Gasteiger partial charge on any atom is 0.317 e. The van der Waals surface area contributed by atoms with Crippen LogP contribution in [-0.2, 0) is 14.3 Å². The van der Waals surface area contributed by atoms with Gasteiger partial charge < -0.3 is 4.74 Å². The highest BCUT2D eigenvalue weighted by molar-refractivity contribution is 5.98. The fourth-order valence-electron chi connectivity index (χ4n) is 7.55. The Hall–Kier alpha value is -0.860. The lowest BCUT2D eigenvalue weighted by atomic mass is 9.05. The SMILES string of the molecule is CC12C3[C@H]4C5[C@@H]3[C@@H]1C([C@H]42)[C@@H]1C(=O)OC(=O)[C@H]51. The summed E-state index contributed by atoms with van der Waals surface area (Å²) in [6, 6.07) is 0. The number of rotatable bonds is 0. The van der Waals surface area contributed by atoms with E-state index in [1.165, 1.54) is 0 Å². The van der Waals surface area contributed by atoms with Crippen LogP contribution in [0.3, 0.4) is 0 Å². The summed E-state index contributed by atoms with van der Waals surface area (Å²) >= 11 is 0. The van der Waals surface area contributed by atoms with Crippen LogP contribution in [0.15, 0.2) is 0 Å². The van der Waals surface area contributed by atoms with E-state index in [1.807, 2.05) is 0 Å². The first-order valence-corrected chi connectivity index (χ1v) is 6.43. The molecule has 2 bridgehead atoms. The molecule has 0 aromatic heterocycles. The molecule has 82 valence electrons. The Kier molecular flexibility index (Phi) is 0.743. The van der Waals surface area contributed by atoms with Crippen molar-refractivity contribution >= 4 is 11.9 Å². The van der Waals surface area contributed by atoms with Crippen molar-refractivity contribution < 1.29 is 14.3 Å². The van der Waals surface area contributed by atoms with Gasteiger partial charge in [0.25, 0.3) is 0 Å². The Labute approximate surface area is 92.5 Å². The van der Waals surface area contributed by atoms with Crippen LogP contribution >= 0.6 is 0 Å². The van der Waals surface area contributed by atoms with E-state index >= 15 is 0 Å². The Bertz CT molecular complexity index is 489. The van der Waals surface area contributed by atoms with Gasteiger partial charge in [0.15, 0.2) is 0 Å². The number of cyclic esters (lactones) is 2. The van der Waals surface area contributed by atoms with E-state index in [2.05, 4.69) is 6.92 Å². The van der Waals surface area contributed by atoms with Gasteiger partial charge >= 0.3 is 11.9 Å². The number of ether oxygens (including phenoxy) is 1. The van der Waals surface area contributed by atoms with Gasteiger partial charge in [-0.1, -0.05) is 6.92 Å². The first-order valence-electron chi connectivity index (χ1n) is 6.43. The van der Waals surface area contributed by atoms with Crippen molar-refractivity contribution in [2.75, 3.05) is 0 Å². The summed E-state index contributed by atoms with van der Waals surface area (Å²) in [7, 11) is 0. The summed E-state index contributed by atoms with van der Waals surface area (Å²) in [6.45, 7) is 2.41. The largest absolute Gasteiger partial charge is 0.393 e. The molecule has 6 aliphatic carbocycles. The zero-order valence-electron chi connectivity index (χ0n) is 8.92. The van der Waals surface area contributed by atoms with E-state index in [9.17, 15) is 9.59 Å². The summed E-state index contributed by atoms with van der Waals surface area (Å²) in [4.78, 5) is 23.5. The number of carbonyl (C=O) groups excluding carboxylic acids is 2. The topological polar surface area (TPSA) is 43.4 Å². The molecule has 10 atom stereocenters. The lowest BCUT2D eigenvalue weighted by Gasteiger charge is -2.99. The van der Waals surface area contributed by atoms with Crippen molar-refractivity contribution in [3.8, 4) is 0 Å². The molecule has 0 aromatic rings. The fraction of sp³-hybridized carbons (Fsp3) is 0.846. The van der Waals surface area contributed by atoms with Crippen LogP contribution in [0.5, 0.6) is 0 Å². The second-order valence-corrected chi connectivity index (χ2v) is 7.04. The molecular formula is C13H12O3. The van der Waals surface area contributed by atoms with Gasteiger partial charge in [-0.25, -0.2) is 0 Å². The van der Waals surface area contributed by atoms with Crippen molar-refractivity contribution in [2.24, 2.45) is 58.7 Å². The Morgan fingerprint density at radius 1 is 0.875 bits per heavy atom. The average Bonchev–Trinajstić information content (AvgIpc) is 2.52. The van der Waals surface area contributed by atoms with Crippen molar-refractivity contribution in [1.82, 2.24) is 0 Å². The summed E-state index contributed by atoms with van der Waals surface area (Å²) in [5.41, 5.74) is 0.591. The van der Waals surface area contributed by atoms with Gasteiger partial charge in [0, 0.05) is 0 Å². The van der Waals surface area contributed by atoms with E-state index in [0.29, 0.717) is 17.3 Å². The third-order valence-corrected chi connectivity index (χ3v) is 7.49. The molecule has 4 unspecified atom stereocenters. The maximum absolute atomic E-state index is 11.8. The van der Waals surface area contributed by atoms with E-state index < -0.39 is 0 Å². The molecule has 7 rings (SSSR count). The highest BCUT2D eigenvalue weighted by atomic mass is 16.6. The highest BCUT2D eigenvalue weighted by Gasteiger charge is 2.97. The van der Waals surface area contributed by atoms with Gasteiger partial charge in [0.1, 0.15) is 0 Å². The molecule has 7 aliphatic rings. The zero-order valence-corrected chi connectivity index (χ0v) is 8.92. The van der Waals surface area contributed by atoms with Crippen molar-refractivity contribution in [1.29, 1.82) is 0 Å². The van der Waals surface area contributed by atoms with Gasteiger partial charge in [-0.15, -0.1) is 0 Å². The molecule has 1 aliphatic heterocycles. The number of carbonyl (C=O) groups is 2. The van der Waals surface area contributed by atoms with Gasteiger partial charge in [-0.05, 0) is 46.8 Å². The van der Waals surface area contributed by atoms with Crippen LogP contribution in [-0.4, -0.2) is 11.9 Å². The number of esters is 2. The minimum absolute atomic E-state index is 0.0268. The number of hydrogen-bond donors (Lipinski definition) is 0. The molecular weight excluding hydrogens is 204 g/mol. The normalized spacial score (nSPS) is 78.7. The molecule has 7 fully saturated rings. The molecule has 0 spiro atoms. The van der Waals surface area contributed by atoms with Crippen LogP contribution < -0.4 is 0 Å². The molecule has 0 radical (unpaired) electrons. The quantitative estimate of drug-likeness (QED) is 0.442. The minimum atomic E-state index is -0.195. The second-order valence-electron chi connectivity index (χ2n) is 7.04. The van der Waals surface area contributed by atoms with Crippen LogP contribution in [0.2, 0.25) is 0 Å². The molecule has 1 heterocycles. The summed E-state index contributed by atoms with van der Waals surface area (Å²) in [5.74, 6) is 4.68. The molecule has 3 heteroatoms. The minimum Gasteiger partial charge on any atom is -0.393 e. The predicted molar refractivity (Wildman–Crippen MR) is 50.6 cm³/mol. The number of hydrogen-bond acceptors (Lipinski definition) is 3. The van der Waals surface area contributed by atoms with Crippen LogP contribution in [0.25, 0.3) is 0 Å². The van der Waals surface area contributed by atoms with Gasteiger partial charge in [0.05, 0.1) is 11.8 Å². The molecule has 1 saturated heterocycles. The molecule has 6 saturated carbocycles. The first kappa shape index (κ1) is 7.46. The zero-order chi connectivity index (χ0) is 10.6. The molecule has 0 aromatic carbocycles. The standard InChI is InChI=1S/C13H12O3/c1-13-8-5-2-3-4(12(15)16-11(3)14)7(9(5)13)10(13)6(2)8/h2-10H,1H3/t2?,3-,4-,5-,6+,7?,8?,9+,10-,13?/m1/s1. The highest BCUT2D eigenvalue weighted by Crippen LogP contribution is 2.98. The predicted octanol–water partition coefficient (Wildman–Crippen LogP) is 0.690. The van der Waals surface area contributed by atoms with Crippen LogP contribution in [0.4, 0.5) is 0 Å². The molecule has 3 nitrogen and oxygen atoms in total. The van der Waals surface area contributed by atoms with E-state index in [1.54, 1.807) is 0 Å². The van der Waals surface area contributed by atoms with Gasteiger partial charge in [-0.3, -0.25) is 9.59 Å². The van der Waals surface area contributed by atoms with Crippen molar-refractivity contribution in [3.63, 3.8) is 0 Å². The Morgan fingerprint density at radius 2 is 1.38 bits per heavy atom. The lowest BCUT2D eigenvalue weighted by Crippen LogP contribution is -2.97. The third-order valence-electron chi connectivity index (χ3n) is 7.49. The summed E-state index contributed by atoms with van der Waals surface area (Å²) < 4.78 is 4.89. The Morgan fingerprint density at radius 3 is 2.00 bits per heavy atom. The second kappa shape index (κ2) is 1.59. The van der Waals surface area contributed by atoms with Gasteiger partial charge in [0.2, 0.25) is 0 Å². The van der Waals surface area contributed by atoms with Gasteiger partial charge in [-0.2, -0.15) is 0 Å². The monoisotopic (exact) mass is 216 g/mol. The maximum atomic E-state index is 11.8. The van der Waals surface area contributed by atoms with Crippen molar-refractivity contribution in [2.45, 2.75) is 6.92 Å². The summed E-state index contributed by atoms with van der Waals surface area (Å²) in [5, 5.41) is 0. The van der Waals surface area contributed by atoms with Crippen LogP contribution in [0, 0.1) is 58.7 Å². The molecule has 16 heavy (non-hydrogen) atoms.